The van der Waals surface area contributed by atoms with Crippen molar-refractivity contribution in [3.05, 3.63) is 52.0 Å². The smallest absolute Gasteiger partial charge is 0.254 e. The van der Waals surface area contributed by atoms with E-state index < -0.39 is 0 Å². The summed E-state index contributed by atoms with van der Waals surface area (Å²) in [5.41, 5.74) is 3.54. The predicted octanol–water partition coefficient (Wildman–Crippen LogP) is 4.01. The molecule has 0 saturated carbocycles. The molecule has 0 unspecified atom stereocenters. The van der Waals surface area contributed by atoms with Gasteiger partial charge in [0.2, 0.25) is 0 Å². The number of hydrogen-bond acceptors (Lipinski definition) is 4. The number of nitrogens with one attached hydrogen (secondary N) is 2. The van der Waals surface area contributed by atoms with Crippen LogP contribution in [0.2, 0.25) is 0 Å². The summed E-state index contributed by atoms with van der Waals surface area (Å²) in [6.07, 6.45) is 4.52. The average Bonchev–Trinajstić information content (AvgIpc) is 3.03. The van der Waals surface area contributed by atoms with Crippen LogP contribution in [-0.2, 0) is 4.79 Å². The van der Waals surface area contributed by atoms with Crippen molar-refractivity contribution in [1.82, 2.24) is 20.5 Å². The molecule has 2 N–H and O–H groups in total. The maximum Gasteiger partial charge on any atom is 0.254 e. The quantitative estimate of drug-likeness (QED) is 0.746. The number of carbonyl (C=O) groups excluding carboxylic acids is 1. The first kappa shape index (κ1) is 19.1. The SMILES string of the molecule is CC1=C(C(=O)N2CCCCCC2)[C@H](c2nc(-c3ccccc3)cs2)NC(=S)N1. The minimum absolute atomic E-state index is 0.0864. The molecule has 0 aliphatic carbocycles. The van der Waals surface area contributed by atoms with E-state index in [1.807, 2.05) is 47.5 Å². The molecule has 0 radical (unpaired) electrons. The first-order valence-corrected chi connectivity index (χ1v) is 11.0. The van der Waals surface area contributed by atoms with Gasteiger partial charge in [-0.2, -0.15) is 0 Å². The Morgan fingerprint density at radius 1 is 1.18 bits per heavy atom. The minimum atomic E-state index is -0.313. The van der Waals surface area contributed by atoms with E-state index in [1.54, 1.807) is 11.3 Å². The van der Waals surface area contributed by atoms with Gasteiger partial charge in [-0.1, -0.05) is 43.2 Å². The number of nitrogens with zero attached hydrogens (tertiary/aromatic N) is 2. The number of hydrogen-bond donors (Lipinski definition) is 2. The molecule has 2 aromatic rings. The van der Waals surface area contributed by atoms with Gasteiger partial charge in [0.1, 0.15) is 11.0 Å². The highest BCUT2D eigenvalue weighted by molar-refractivity contribution is 7.80. The largest absolute Gasteiger partial charge is 0.349 e. The number of rotatable bonds is 3. The van der Waals surface area contributed by atoms with Gasteiger partial charge in [-0.3, -0.25) is 4.79 Å². The van der Waals surface area contributed by atoms with E-state index in [0.717, 1.165) is 53.5 Å². The molecule has 1 aromatic heterocycles. The number of amides is 1. The minimum Gasteiger partial charge on any atom is -0.349 e. The number of benzene rings is 1. The lowest BCUT2D eigenvalue weighted by atomic mass is 10.0. The molecule has 5 nitrogen and oxygen atoms in total. The average molecular weight is 413 g/mol. The predicted molar refractivity (Wildman–Crippen MR) is 117 cm³/mol. The maximum atomic E-state index is 13.4. The zero-order chi connectivity index (χ0) is 19.5. The summed E-state index contributed by atoms with van der Waals surface area (Å²) in [5, 5.41) is 9.85. The molecular weight excluding hydrogens is 388 g/mol. The second kappa shape index (κ2) is 8.41. The van der Waals surface area contributed by atoms with Crippen molar-refractivity contribution in [3.63, 3.8) is 0 Å². The fourth-order valence-corrected chi connectivity index (χ4v) is 4.92. The van der Waals surface area contributed by atoms with Crippen LogP contribution in [0.25, 0.3) is 11.3 Å². The summed E-state index contributed by atoms with van der Waals surface area (Å²) in [4.78, 5) is 20.2. The van der Waals surface area contributed by atoms with E-state index >= 15 is 0 Å². The van der Waals surface area contributed by atoms with Crippen LogP contribution in [0.15, 0.2) is 47.0 Å². The topological polar surface area (TPSA) is 57.3 Å². The Morgan fingerprint density at radius 3 is 2.61 bits per heavy atom. The van der Waals surface area contributed by atoms with Gasteiger partial charge in [0.05, 0.1) is 11.3 Å². The summed E-state index contributed by atoms with van der Waals surface area (Å²) in [7, 11) is 0. The number of likely N-dealkylation sites (tertiary alicyclic amines) is 1. The number of aromatic nitrogens is 1. The lowest BCUT2D eigenvalue weighted by molar-refractivity contribution is -0.127. The Labute approximate surface area is 174 Å². The summed E-state index contributed by atoms with van der Waals surface area (Å²) in [6.45, 7) is 3.57. The summed E-state index contributed by atoms with van der Waals surface area (Å²) in [5.74, 6) is 0.0864. The maximum absolute atomic E-state index is 13.4. The van der Waals surface area contributed by atoms with E-state index in [1.165, 1.54) is 12.8 Å². The third-order valence-electron chi connectivity index (χ3n) is 5.23. The van der Waals surface area contributed by atoms with Crippen LogP contribution >= 0.6 is 23.6 Å². The Hall–Kier alpha value is -2.25. The highest BCUT2D eigenvalue weighted by atomic mass is 32.1. The van der Waals surface area contributed by atoms with Crippen LogP contribution in [0.1, 0.15) is 43.7 Å². The monoisotopic (exact) mass is 412 g/mol. The van der Waals surface area contributed by atoms with Gasteiger partial charge in [-0.15, -0.1) is 11.3 Å². The van der Waals surface area contributed by atoms with E-state index in [4.69, 9.17) is 17.2 Å². The van der Waals surface area contributed by atoms with Gasteiger partial charge in [0.15, 0.2) is 5.11 Å². The fraction of sp³-hybridized carbons (Fsp3) is 0.381. The van der Waals surface area contributed by atoms with E-state index in [2.05, 4.69) is 10.6 Å². The number of carbonyl (C=O) groups is 1. The second-order valence-electron chi connectivity index (χ2n) is 7.21. The molecule has 1 amide bonds. The Bertz CT molecular complexity index is 898. The first-order valence-electron chi connectivity index (χ1n) is 9.72. The molecule has 1 aromatic carbocycles. The molecule has 28 heavy (non-hydrogen) atoms. The van der Waals surface area contributed by atoms with Crippen LogP contribution in [0.3, 0.4) is 0 Å². The van der Waals surface area contributed by atoms with Gasteiger partial charge in [-0.05, 0) is 32.0 Å². The molecule has 7 heteroatoms. The highest BCUT2D eigenvalue weighted by Gasteiger charge is 2.34. The van der Waals surface area contributed by atoms with Crippen LogP contribution in [0.5, 0.6) is 0 Å². The van der Waals surface area contributed by atoms with Crippen molar-refractivity contribution in [3.8, 4) is 11.3 Å². The molecule has 1 saturated heterocycles. The molecule has 2 aliphatic heterocycles. The standard InChI is InChI=1S/C21H24N4OS2/c1-14-17(20(26)25-11-7-2-3-8-12-25)18(24-21(27)22-14)19-23-16(13-28-19)15-9-5-4-6-10-15/h4-6,9-10,13,18H,2-3,7-8,11-12H2,1H3,(H2,22,24,27)/t18-/m1/s1. The third kappa shape index (κ3) is 3.95. The van der Waals surface area contributed by atoms with Gasteiger partial charge >= 0.3 is 0 Å². The lowest BCUT2D eigenvalue weighted by Gasteiger charge is -2.32. The zero-order valence-corrected chi connectivity index (χ0v) is 17.5. The molecule has 0 spiro atoms. The van der Waals surface area contributed by atoms with Crippen molar-refractivity contribution in [2.45, 2.75) is 38.6 Å². The van der Waals surface area contributed by atoms with Gasteiger partial charge in [0.25, 0.3) is 5.91 Å². The molecular formula is C21H24N4OS2. The van der Waals surface area contributed by atoms with Crippen molar-refractivity contribution >= 4 is 34.6 Å². The van der Waals surface area contributed by atoms with Crippen molar-refractivity contribution in [1.29, 1.82) is 0 Å². The second-order valence-corrected chi connectivity index (χ2v) is 8.51. The molecule has 2 aliphatic rings. The van der Waals surface area contributed by atoms with Gasteiger partial charge < -0.3 is 15.5 Å². The van der Waals surface area contributed by atoms with Gasteiger partial charge in [0, 0.05) is 29.7 Å². The van der Waals surface area contributed by atoms with E-state index in [0.29, 0.717) is 5.11 Å². The highest BCUT2D eigenvalue weighted by Crippen LogP contribution is 2.33. The van der Waals surface area contributed by atoms with Crippen LogP contribution in [-0.4, -0.2) is 34.0 Å². The lowest BCUT2D eigenvalue weighted by Crippen LogP contribution is -2.47. The van der Waals surface area contributed by atoms with Gasteiger partial charge in [-0.25, -0.2) is 4.98 Å². The first-order chi connectivity index (χ1) is 13.6. The Kier molecular flexibility index (Phi) is 5.73. The fourth-order valence-electron chi connectivity index (χ4n) is 3.77. The zero-order valence-electron chi connectivity index (χ0n) is 15.9. The molecule has 0 bridgehead atoms. The number of allylic oxidation sites excluding steroid dienone is 1. The number of thiazole rings is 1. The Morgan fingerprint density at radius 2 is 1.89 bits per heavy atom. The van der Waals surface area contributed by atoms with E-state index in [9.17, 15) is 4.79 Å². The normalized spacial score (nSPS) is 20.4. The molecule has 146 valence electrons. The van der Waals surface area contributed by atoms with E-state index in [-0.39, 0.29) is 11.9 Å². The third-order valence-corrected chi connectivity index (χ3v) is 6.36. The van der Waals surface area contributed by atoms with Crippen LogP contribution < -0.4 is 10.6 Å². The Balaban J connectivity index is 1.66. The van der Waals surface area contributed by atoms with Crippen LogP contribution in [0, 0.1) is 0 Å². The van der Waals surface area contributed by atoms with Crippen molar-refractivity contribution in [2.24, 2.45) is 0 Å². The van der Waals surface area contributed by atoms with Crippen molar-refractivity contribution < 1.29 is 4.79 Å². The summed E-state index contributed by atoms with van der Waals surface area (Å²) >= 11 is 6.93. The van der Waals surface area contributed by atoms with Crippen LogP contribution in [0.4, 0.5) is 0 Å². The molecule has 4 rings (SSSR count). The molecule has 3 heterocycles. The molecule has 1 fully saturated rings. The van der Waals surface area contributed by atoms with Crippen molar-refractivity contribution in [2.75, 3.05) is 13.1 Å². The summed E-state index contributed by atoms with van der Waals surface area (Å²) in [6, 6.07) is 9.78. The summed E-state index contributed by atoms with van der Waals surface area (Å²) < 4.78 is 0. The molecule has 1 atom stereocenters. The number of thiocarbonyl (C=S) groups is 1.